The first-order valence-corrected chi connectivity index (χ1v) is 14.1. The van der Waals surface area contributed by atoms with Crippen LogP contribution in [0.5, 0.6) is 0 Å². The molecule has 204 valence electrons. The molecule has 0 spiro atoms. The molecule has 0 heterocycles. The van der Waals surface area contributed by atoms with Crippen molar-refractivity contribution < 1.29 is 27.3 Å². The monoisotopic (exact) mass is 539 g/mol. The molecule has 0 saturated carbocycles. The number of fused-ring (bicyclic) bond motifs is 1. The van der Waals surface area contributed by atoms with Crippen LogP contribution in [0.4, 0.5) is 5.69 Å². The predicted molar refractivity (Wildman–Crippen MR) is 150 cm³/mol. The molecule has 0 aliphatic carbocycles. The molecule has 2 N–H and O–H groups in total. The summed E-state index contributed by atoms with van der Waals surface area (Å²) in [6.45, 7) is 11.7. The topological polar surface area (TPSA) is 110 Å². The molecular formula is C30H37NO6S. The first-order chi connectivity index (χ1) is 17.5. The lowest BCUT2D eigenvalue weighted by Crippen LogP contribution is -2.32. The quantitative estimate of drug-likeness (QED) is 0.302. The zero-order chi connectivity index (χ0) is 28.3. The van der Waals surface area contributed by atoms with Crippen LogP contribution >= 0.6 is 0 Å². The van der Waals surface area contributed by atoms with Crippen LogP contribution in [-0.4, -0.2) is 36.4 Å². The number of ketones is 1. The minimum absolute atomic E-state index is 0.157. The third-order valence-electron chi connectivity index (χ3n) is 6.13. The fraction of sp³-hybridized carbons (Fsp3) is 0.400. The van der Waals surface area contributed by atoms with Crippen molar-refractivity contribution in [1.82, 2.24) is 0 Å². The van der Waals surface area contributed by atoms with Gasteiger partial charge in [0.1, 0.15) is 10.7 Å². The SMILES string of the molecule is CC(C)(C)OC(CCc1ccc(C(=O)Nc2cccc3cccc(S(=O)(=O)O)c23)cc1)CC(=O)C(C)(C)C. The molecule has 3 aromatic carbocycles. The van der Waals surface area contributed by atoms with Crippen LogP contribution in [0.2, 0.25) is 0 Å². The second kappa shape index (κ2) is 11.4. The Morgan fingerprint density at radius 3 is 2.08 bits per heavy atom. The number of ether oxygens (including phenoxy) is 1. The molecule has 1 unspecified atom stereocenters. The van der Waals surface area contributed by atoms with Crippen molar-refractivity contribution in [3.05, 3.63) is 71.8 Å². The largest absolute Gasteiger partial charge is 0.372 e. The van der Waals surface area contributed by atoms with Gasteiger partial charge in [-0.05, 0) is 68.8 Å². The molecule has 0 bridgehead atoms. The van der Waals surface area contributed by atoms with Gasteiger partial charge in [0.25, 0.3) is 16.0 Å². The number of anilines is 1. The standard InChI is InChI=1S/C30H37NO6S/c1-29(2,3)26(32)19-23(37-30(4,5)6)18-15-20-13-16-22(17-14-20)28(33)31-24-11-7-9-21-10-8-12-25(27(21)24)38(34,35)36/h7-14,16-17,23H,15,18-19H2,1-6H3,(H,31,33)(H,34,35,36). The number of Topliss-reactive ketones (excluding diaryl/α,β-unsaturated/α-hetero) is 1. The third-order valence-corrected chi connectivity index (χ3v) is 7.03. The maximum absolute atomic E-state index is 13.0. The number of hydrogen-bond donors (Lipinski definition) is 2. The summed E-state index contributed by atoms with van der Waals surface area (Å²) in [5.74, 6) is -0.247. The summed E-state index contributed by atoms with van der Waals surface area (Å²) >= 11 is 0. The Balaban J connectivity index is 1.74. The number of carbonyl (C=O) groups is 2. The Morgan fingerprint density at radius 2 is 1.53 bits per heavy atom. The van der Waals surface area contributed by atoms with Crippen LogP contribution in [0.1, 0.15) is 70.3 Å². The first kappa shape index (κ1) is 29.5. The van der Waals surface area contributed by atoms with Crippen LogP contribution in [0.3, 0.4) is 0 Å². The van der Waals surface area contributed by atoms with Gasteiger partial charge in [-0.2, -0.15) is 8.42 Å². The minimum atomic E-state index is -4.48. The molecule has 0 aliphatic rings. The van der Waals surface area contributed by atoms with Gasteiger partial charge in [-0.3, -0.25) is 14.1 Å². The molecule has 3 aromatic rings. The van der Waals surface area contributed by atoms with E-state index >= 15 is 0 Å². The number of rotatable bonds is 9. The lowest BCUT2D eigenvalue weighted by Gasteiger charge is -2.29. The van der Waals surface area contributed by atoms with Gasteiger partial charge < -0.3 is 10.1 Å². The van der Waals surface area contributed by atoms with E-state index in [-0.39, 0.29) is 33.5 Å². The summed E-state index contributed by atoms with van der Waals surface area (Å²) in [6, 6.07) is 16.7. The Bertz CT molecular complexity index is 1410. The Labute approximate surface area is 225 Å². The highest BCUT2D eigenvalue weighted by atomic mass is 32.2. The van der Waals surface area contributed by atoms with Crippen molar-refractivity contribution in [2.75, 3.05) is 5.32 Å². The molecule has 38 heavy (non-hydrogen) atoms. The van der Waals surface area contributed by atoms with Crippen molar-refractivity contribution >= 4 is 38.3 Å². The molecule has 3 rings (SSSR count). The highest BCUT2D eigenvalue weighted by Crippen LogP contribution is 2.30. The first-order valence-electron chi connectivity index (χ1n) is 12.7. The summed E-state index contributed by atoms with van der Waals surface area (Å²) < 4.78 is 39.6. The number of nitrogens with one attached hydrogen (secondary N) is 1. The van der Waals surface area contributed by atoms with Gasteiger partial charge in [-0.25, -0.2) is 0 Å². The predicted octanol–water partition coefficient (Wildman–Crippen LogP) is 6.46. The molecule has 0 fully saturated rings. The lowest BCUT2D eigenvalue weighted by atomic mass is 9.86. The van der Waals surface area contributed by atoms with E-state index in [1.807, 2.05) is 53.7 Å². The van der Waals surface area contributed by atoms with E-state index in [4.69, 9.17) is 4.74 Å². The van der Waals surface area contributed by atoms with Gasteiger partial charge in [-0.15, -0.1) is 0 Å². The molecule has 8 heteroatoms. The third kappa shape index (κ3) is 7.96. The van der Waals surface area contributed by atoms with E-state index in [0.29, 0.717) is 30.2 Å². The molecule has 1 amide bonds. The van der Waals surface area contributed by atoms with Gasteiger partial charge in [0.05, 0.1) is 17.4 Å². The van der Waals surface area contributed by atoms with Crippen molar-refractivity contribution in [2.45, 2.75) is 77.4 Å². The summed E-state index contributed by atoms with van der Waals surface area (Å²) in [6.07, 6.45) is 1.48. The number of benzene rings is 3. The van der Waals surface area contributed by atoms with Crippen LogP contribution in [-0.2, 0) is 26.1 Å². The lowest BCUT2D eigenvalue weighted by molar-refractivity contribution is -0.133. The molecule has 0 aromatic heterocycles. The number of amides is 1. The van der Waals surface area contributed by atoms with E-state index in [1.54, 1.807) is 36.4 Å². The Hall–Kier alpha value is -3.07. The number of aryl methyl sites for hydroxylation is 1. The highest BCUT2D eigenvalue weighted by molar-refractivity contribution is 7.86. The molecule has 0 radical (unpaired) electrons. The van der Waals surface area contributed by atoms with Crippen LogP contribution < -0.4 is 5.32 Å². The fourth-order valence-corrected chi connectivity index (χ4v) is 4.92. The van der Waals surface area contributed by atoms with Crippen molar-refractivity contribution in [1.29, 1.82) is 0 Å². The van der Waals surface area contributed by atoms with E-state index in [0.717, 1.165) is 5.56 Å². The van der Waals surface area contributed by atoms with Crippen LogP contribution in [0, 0.1) is 5.41 Å². The second-order valence-electron chi connectivity index (χ2n) is 11.6. The van der Waals surface area contributed by atoms with Crippen molar-refractivity contribution in [3.63, 3.8) is 0 Å². The zero-order valence-electron chi connectivity index (χ0n) is 22.9. The Kier molecular flexibility index (Phi) is 8.81. The summed E-state index contributed by atoms with van der Waals surface area (Å²) in [7, 11) is -4.48. The van der Waals surface area contributed by atoms with E-state index in [2.05, 4.69) is 5.32 Å². The van der Waals surface area contributed by atoms with E-state index < -0.39 is 21.4 Å². The fourth-order valence-electron chi connectivity index (χ4n) is 4.19. The number of carbonyl (C=O) groups excluding carboxylic acids is 2. The minimum Gasteiger partial charge on any atom is -0.372 e. The zero-order valence-corrected chi connectivity index (χ0v) is 23.7. The van der Waals surface area contributed by atoms with E-state index in [9.17, 15) is 22.6 Å². The summed E-state index contributed by atoms with van der Waals surface area (Å²) in [5.41, 5.74) is 0.893. The van der Waals surface area contributed by atoms with Crippen LogP contribution in [0.15, 0.2) is 65.6 Å². The smallest absolute Gasteiger partial charge is 0.295 e. The number of hydrogen-bond acceptors (Lipinski definition) is 5. The van der Waals surface area contributed by atoms with E-state index in [1.165, 1.54) is 12.1 Å². The molecule has 7 nitrogen and oxygen atoms in total. The molecule has 0 aliphatic heterocycles. The summed E-state index contributed by atoms with van der Waals surface area (Å²) in [5, 5.41) is 3.59. The Morgan fingerprint density at radius 1 is 0.921 bits per heavy atom. The molecule has 1 atom stereocenters. The average molecular weight is 540 g/mol. The highest BCUT2D eigenvalue weighted by Gasteiger charge is 2.27. The van der Waals surface area contributed by atoms with Gasteiger partial charge >= 0.3 is 0 Å². The van der Waals surface area contributed by atoms with Gasteiger partial charge in [0.15, 0.2) is 0 Å². The van der Waals surface area contributed by atoms with Crippen molar-refractivity contribution in [2.24, 2.45) is 5.41 Å². The normalized spacial score (nSPS) is 13.3. The van der Waals surface area contributed by atoms with Gasteiger partial charge in [0.2, 0.25) is 0 Å². The molecular weight excluding hydrogens is 502 g/mol. The second-order valence-corrected chi connectivity index (χ2v) is 12.9. The maximum Gasteiger partial charge on any atom is 0.295 e. The van der Waals surface area contributed by atoms with Crippen LogP contribution in [0.25, 0.3) is 10.8 Å². The van der Waals surface area contributed by atoms with Gasteiger partial charge in [-0.1, -0.05) is 57.2 Å². The maximum atomic E-state index is 13.0. The summed E-state index contributed by atoms with van der Waals surface area (Å²) in [4.78, 5) is 25.3. The van der Waals surface area contributed by atoms with Crippen molar-refractivity contribution in [3.8, 4) is 0 Å². The van der Waals surface area contributed by atoms with Gasteiger partial charge in [0, 0.05) is 22.8 Å². The average Bonchev–Trinajstić information content (AvgIpc) is 2.80. The molecule has 0 saturated heterocycles.